The van der Waals surface area contributed by atoms with Crippen molar-refractivity contribution in [2.45, 2.75) is 18.7 Å². The van der Waals surface area contributed by atoms with Crippen molar-refractivity contribution in [2.75, 3.05) is 12.4 Å². The van der Waals surface area contributed by atoms with Crippen LogP contribution in [0.1, 0.15) is 13.3 Å². The Morgan fingerprint density at radius 3 is 2.53 bits per heavy atom. The van der Waals surface area contributed by atoms with E-state index in [-0.39, 0.29) is 5.91 Å². The molecule has 0 saturated heterocycles. The van der Waals surface area contributed by atoms with Gasteiger partial charge in [-0.1, -0.05) is 6.92 Å². The molecule has 1 N–H and O–H groups in total. The summed E-state index contributed by atoms with van der Waals surface area (Å²) in [5.74, 6) is 0.579. The molecule has 0 radical (unpaired) electrons. The predicted molar refractivity (Wildman–Crippen MR) is 61.6 cm³/mol. The molecule has 0 unspecified atom stereocenters. The largest absolute Gasteiger partial charge is 0.497 e. The number of hydrogen-bond acceptors (Lipinski definition) is 2. The third-order valence-electron chi connectivity index (χ3n) is 2.00. The maximum Gasteiger partial charge on any atom is 0.242 e. The number of alkyl halides is 1. The van der Waals surface area contributed by atoms with Crippen LogP contribution in [0.3, 0.4) is 0 Å². The molecule has 0 saturated carbocycles. The first-order valence-electron chi connectivity index (χ1n) is 4.76. The van der Waals surface area contributed by atoms with E-state index in [4.69, 9.17) is 16.3 Å². The van der Waals surface area contributed by atoms with Crippen LogP contribution in [0.2, 0.25) is 0 Å². The van der Waals surface area contributed by atoms with Crippen molar-refractivity contribution in [2.24, 2.45) is 0 Å². The minimum Gasteiger partial charge on any atom is -0.497 e. The fourth-order valence-corrected chi connectivity index (χ4v) is 1.13. The van der Waals surface area contributed by atoms with E-state index in [0.717, 1.165) is 11.4 Å². The van der Waals surface area contributed by atoms with Gasteiger partial charge in [-0.15, -0.1) is 11.6 Å². The predicted octanol–water partition coefficient (Wildman–Crippen LogP) is 2.65. The highest BCUT2D eigenvalue weighted by molar-refractivity contribution is 6.32. The lowest BCUT2D eigenvalue weighted by Gasteiger charge is -2.08. The molecular formula is C11H14ClNO2. The highest BCUT2D eigenvalue weighted by Crippen LogP contribution is 2.16. The van der Waals surface area contributed by atoms with E-state index in [1.807, 2.05) is 6.92 Å². The Morgan fingerprint density at radius 2 is 2.07 bits per heavy atom. The van der Waals surface area contributed by atoms with Gasteiger partial charge in [0.15, 0.2) is 0 Å². The number of nitrogens with one attached hydrogen (secondary N) is 1. The molecule has 1 rings (SSSR count). The zero-order chi connectivity index (χ0) is 11.3. The highest BCUT2D eigenvalue weighted by Gasteiger charge is 2.12. The van der Waals surface area contributed by atoms with Crippen molar-refractivity contribution in [3.63, 3.8) is 0 Å². The molecule has 15 heavy (non-hydrogen) atoms. The maximum atomic E-state index is 11.4. The number of amides is 1. The Bertz CT molecular complexity index is 324. The summed E-state index contributed by atoms with van der Waals surface area (Å²) in [5, 5.41) is 2.24. The molecule has 0 fully saturated rings. The van der Waals surface area contributed by atoms with Crippen LogP contribution in [0.4, 0.5) is 5.69 Å². The Morgan fingerprint density at radius 1 is 1.47 bits per heavy atom. The molecule has 0 heterocycles. The van der Waals surface area contributed by atoms with Crippen molar-refractivity contribution < 1.29 is 9.53 Å². The van der Waals surface area contributed by atoms with Crippen molar-refractivity contribution in [1.82, 2.24) is 0 Å². The van der Waals surface area contributed by atoms with Gasteiger partial charge in [0.2, 0.25) is 5.91 Å². The van der Waals surface area contributed by atoms with Crippen LogP contribution < -0.4 is 10.1 Å². The second kappa shape index (κ2) is 5.61. The molecule has 4 heteroatoms. The average molecular weight is 228 g/mol. The molecule has 0 bridgehead atoms. The normalized spacial score (nSPS) is 11.9. The topological polar surface area (TPSA) is 38.3 Å². The smallest absolute Gasteiger partial charge is 0.242 e. The maximum absolute atomic E-state index is 11.4. The molecule has 0 aliphatic carbocycles. The van der Waals surface area contributed by atoms with Gasteiger partial charge in [-0.05, 0) is 30.7 Å². The van der Waals surface area contributed by atoms with Crippen LogP contribution in [0.25, 0.3) is 0 Å². The van der Waals surface area contributed by atoms with Crippen molar-refractivity contribution in [3.05, 3.63) is 24.3 Å². The van der Waals surface area contributed by atoms with Crippen LogP contribution in [0.5, 0.6) is 5.75 Å². The first kappa shape index (κ1) is 11.9. The van der Waals surface area contributed by atoms with Gasteiger partial charge in [0.05, 0.1) is 7.11 Å². The number of halogens is 1. The third-order valence-corrected chi connectivity index (χ3v) is 2.51. The summed E-state index contributed by atoms with van der Waals surface area (Å²) >= 11 is 5.79. The van der Waals surface area contributed by atoms with Gasteiger partial charge in [0.1, 0.15) is 11.1 Å². The van der Waals surface area contributed by atoms with Crippen molar-refractivity contribution in [1.29, 1.82) is 0 Å². The fraction of sp³-hybridized carbons (Fsp3) is 0.364. The lowest BCUT2D eigenvalue weighted by atomic mass is 10.2. The minimum atomic E-state index is -0.480. The second-order valence-electron chi connectivity index (χ2n) is 3.09. The first-order chi connectivity index (χ1) is 7.17. The fourth-order valence-electron chi connectivity index (χ4n) is 1.08. The SMILES string of the molecule is CC[C@H](Cl)C(=O)Nc1ccc(OC)cc1. The van der Waals surface area contributed by atoms with Gasteiger partial charge in [0, 0.05) is 5.69 Å². The van der Waals surface area contributed by atoms with Gasteiger partial charge in [-0.25, -0.2) is 0 Å². The van der Waals surface area contributed by atoms with E-state index in [1.54, 1.807) is 31.4 Å². The number of carbonyl (C=O) groups is 1. The number of carbonyl (C=O) groups excluding carboxylic acids is 1. The second-order valence-corrected chi connectivity index (χ2v) is 3.62. The highest BCUT2D eigenvalue weighted by atomic mass is 35.5. The number of anilines is 1. The Balaban J connectivity index is 2.61. The Labute approximate surface area is 94.4 Å². The Kier molecular flexibility index (Phi) is 4.43. The summed E-state index contributed by atoms with van der Waals surface area (Å²) < 4.78 is 5.00. The van der Waals surface area contributed by atoms with Crippen LogP contribution in [0.15, 0.2) is 24.3 Å². The van der Waals surface area contributed by atoms with Crippen LogP contribution in [0, 0.1) is 0 Å². The molecule has 1 aromatic rings. The first-order valence-corrected chi connectivity index (χ1v) is 5.20. The number of hydrogen-bond donors (Lipinski definition) is 1. The summed E-state index contributed by atoms with van der Waals surface area (Å²) in [4.78, 5) is 11.4. The van der Waals surface area contributed by atoms with Crippen LogP contribution in [-0.2, 0) is 4.79 Å². The lowest BCUT2D eigenvalue weighted by molar-refractivity contribution is -0.115. The quantitative estimate of drug-likeness (QED) is 0.804. The van der Waals surface area contributed by atoms with E-state index < -0.39 is 5.38 Å². The monoisotopic (exact) mass is 227 g/mol. The summed E-state index contributed by atoms with van der Waals surface area (Å²) in [5.41, 5.74) is 0.722. The van der Waals surface area contributed by atoms with Gasteiger partial charge in [-0.2, -0.15) is 0 Å². The van der Waals surface area contributed by atoms with E-state index in [0.29, 0.717) is 6.42 Å². The van der Waals surface area contributed by atoms with Crippen molar-refractivity contribution in [3.8, 4) is 5.75 Å². The molecule has 0 aliphatic heterocycles. The van der Waals surface area contributed by atoms with Gasteiger partial charge < -0.3 is 10.1 Å². The number of ether oxygens (including phenoxy) is 1. The molecule has 0 aromatic heterocycles. The molecule has 1 aromatic carbocycles. The van der Waals surface area contributed by atoms with Gasteiger partial charge >= 0.3 is 0 Å². The average Bonchev–Trinajstić information content (AvgIpc) is 2.29. The zero-order valence-electron chi connectivity index (χ0n) is 8.79. The van der Waals surface area contributed by atoms with Crippen LogP contribution in [-0.4, -0.2) is 18.4 Å². The molecule has 82 valence electrons. The van der Waals surface area contributed by atoms with E-state index in [2.05, 4.69) is 5.32 Å². The standard InChI is InChI=1S/C11H14ClNO2/c1-3-10(12)11(14)13-8-4-6-9(15-2)7-5-8/h4-7,10H,3H2,1-2H3,(H,13,14)/t10-/m0/s1. The van der Waals surface area contributed by atoms with E-state index in [9.17, 15) is 4.79 Å². The van der Waals surface area contributed by atoms with Crippen molar-refractivity contribution >= 4 is 23.2 Å². The van der Waals surface area contributed by atoms with Gasteiger partial charge in [0.25, 0.3) is 0 Å². The summed E-state index contributed by atoms with van der Waals surface area (Å²) in [6, 6.07) is 7.11. The number of methoxy groups -OCH3 is 1. The minimum absolute atomic E-state index is 0.177. The molecule has 1 atom stereocenters. The summed E-state index contributed by atoms with van der Waals surface area (Å²) in [6.45, 7) is 1.87. The molecule has 0 spiro atoms. The zero-order valence-corrected chi connectivity index (χ0v) is 9.54. The van der Waals surface area contributed by atoms with E-state index >= 15 is 0 Å². The molecular weight excluding hydrogens is 214 g/mol. The summed E-state index contributed by atoms with van der Waals surface area (Å²) in [6.07, 6.45) is 0.615. The number of rotatable bonds is 4. The molecule has 0 aliphatic rings. The van der Waals surface area contributed by atoms with E-state index in [1.165, 1.54) is 0 Å². The third kappa shape index (κ3) is 3.44. The number of benzene rings is 1. The van der Waals surface area contributed by atoms with Gasteiger partial charge in [-0.3, -0.25) is 4.79 Å². The summed E-state index contributed by atoms with van der Waals surface area (Å²) in [7, 11) is 1.60. The molecule has 3 nitrogen and oxygen atoms in total. The lowest BCUT2D eigenvalue weighted by Crippen LogP contribution is -2.22. The van der Waals surface area contributed by atoms with Crippen LogP contribution >= 0.6 is 11.6 Å². The Hall–Kier alpha value is -1.22. The molecule has 1 amide bonds.